The summed E-state index contributed by atoms with van der Waals surface area (Å²) in [5, 5.41) is 0. The summed E-state index contributed by atoms with van der Waals surface area (Å²) in [5.41, 5.74) is 9.11. The number of ether oxygens (including phenoxy) is 1. The predicted molar refractivity (Wildman–Crippen MR) is 101 cm³/mol. The molecule has 2 heterocycles. The SMILES string of the molecule is CCOc1ccc(/C(=C2/N=C(C)C=C2C)c2[nH]c(C)cc2C)cc1. The summed E-state index contributed by atoms with van der Waals surface area (Å²) in [4.78, 5) is 8.29. The van der Waals surface area contributed by atoms with Crippen molar-refractivity contribution in [1.82, 2.24) is 4.98 Å². The number of aromatic nitrogens is 1. The van der Waals surface area contributed by atoms with Crippen LogP contribution in [0.1, 0.15) is 43.3 Å². The zero-order valence-electron chi connectivity index (χ0n) is 15.0. The minimum absolute atomic E-state index is 0.674. The van der Waals surface area contributed by atoms with Crippen molar-refractivity contribution in [2.24, 2.45) is 4.99 Å². The van der Waals surface area contributed by atoms with Gasteiger partial charge in [-0.2, -0.15) is 0 Å². The van der Waals surface area contributed by atoms with E-state index in [0.717, 1.165) is 39.7 Å². The number of nitrogens with zero attached hydrogens (tertiary/aromatic N) is 1. The number of hydrogen-bond acceptors (Lipinski definition) is 2. The Balaban J connectivity index is 2.19. The van der Waals surface area contributed by atoms with E-state index in [2.05, 4.69) is 50.0 Å². The first-order valence-electron chi connectivity index (χ1n) is 8.37. The predicted octanol–water partition coefficient (Wildman–Crippen LogP) is 5.21. The van der Waals surface area contributed by atoms with Crippen molar-refractivity contribution < 1.29 is 4.74 Å². The maximum atomic E-state index is 5.57. The fraction of sp³-hybridized carbons (Fsp3) is 0.286. The maximum absolute atomic E-state index is 5.57. The van der Waals surface area contributed by atoms with Crippen LogP contribution in [0.4, 0.5) is 0 Å². The molecule has 0 fully saturated rings. The molecule has 24 heavy (non-hydrogen) atoms. The molecule has 0 aliphatic carbocycles. The van der Waals surface area contributed by atoms with Crippen LogP contribution in [0.5, 0.6) is 5.75 Å². The molecule has 0 saturated carbocycles. The van der Waals surface area contributed by atoms with Gasteiger partial charge in [0, 0.05) is 17.0 Å². The summed E-state index contributed by atoms with van der Waals surface area (Å²) in [7, 11) is 0. The van der Waals surface area contributed by atoms with Gasteiger partial charge >= 0.3 is 0 Å². The van der Waals surface area contributed by atoms with Gasteiger partial charge in [0.05, 0.1) is 18.0 Å². The van der Waals surface area contributed by atoms with Crippen molar-refractivity contribution in [2.45, 2.75) is 34.6 Å². The van der Waals surface area contributed by atoms with Gasteiger partial charge in [0.2, 0.25) is 0 Å². The quantitative estimate of drug-likeness (QED) is 0.825. The van der Waals surface area contributed by atoms with E-state index in [1.807, 2.05) is 26.0 Å². The first-order chi connectivity index (χ1) is 11.5. The lowest BCUT2D eigenvalue weighted by Gasteiger charge is -2.13. The van der Waals surface area contributed by atoms with Gasteiger partial charge in [0.25, 0.3) is 0 Å². The molecule has 3 nitrogen and oxygen atoms in total. The van der Waals surface area contributed by atoms with E-state index < -0.39 is 0 Å². The number of H-pyrrole nitrogens is 1. The van der Waals surface area contributed by atoms with Gasteiger partial charge in [0.1, 0.15) is 5.75 Å². The van der Waals surface area contributed by atoms with Crippen LogP contribution in [-0.4, -0.2) is 17.3 Å². The van der Waals surface area contributed by atoms with E-state index >= 15 is 0 Å². The first kappa shape index (κ1) is 16.3. The van der Waals surface area contributed by atoms with Crippen LogP contribution < -0.4 is 4.74 Å². The van der Waals surface area contributed by atoms with Gasteiger partial charge in [-0.3, -0.25) is 4.99 Å². The van der Waals surface area contributed by atoms with Gasteiger partial charge in [0.15, 0.2) is 0 Å². The van der Waals surface area contributed by atoms with Crippen molar-refractivity contribution in [3.63, 3.8) is 0 Å². The van der Waals surface area contributed by atoms with Crippen molar-refractivity contribution >= 4 is 11.3 Å². The molecule has 0 spiro atoms. The highest BCUT2D eigenvalue weighted by atomic mass is 16.5. The Labute approximate surface area is 143 Å². The summed E-state index contributed by atoms with van der Waals surface area (Å²) in [5.74, 6) is 0.892. The highest BCUT2D eigenvalue weighted by Crippen LogP contribution is 2.35. The number of rotatable bonds is 4. The summed E-state index contributed by atoms with van der Waals surface area (Å²) in [6.07, 6.45) is 2.13. The van der Waals surface area contributed by atoms with Gasteiger partial charge in [-0.1, -0.05) is 12.1 Å². The molecule has 0 atom stereocenters. The van der Waals surface area contributed by atoms with E-state index in [1.54, 1.807) is 0 Å². The molecule has 0 unspecified atom stereocenters. The van der Waals surface area contributed by atoms with Crippen molar-refractivity contribution in [2.75, 3.05) is 6.61 Å². The Hall–Kier alpha value is -2.55. The third-order valence-corrected chi connectivity index (χ3v) is 4.18. The van der Waals surface area contributed by atoms with Crippen LogP contribution in [0.15, 0.2) is 52.7 Å². The van der Waals surface area contributed by atoms with Crippen LogP contribution >= 0.6 is 0 Å². The number of benzene rings is 1. The first-order valence-corrected chi connectivity index (χ1v) is 8.37. The van der Waals surface area contributed by atoms with E-state index in [9.17, 15) is 0 Å². The average Bonchev–Trinajstić information content (AvgIpc) is 3.03. The molecule has 1 aliphatic heterocycles. The average molecular weight is 320 g/mol. The van der Waals surface area contributed by atoms with Gasteiger partial charge in [-0.05, 0) is 75.6 Å². The molecule has 0 bridgehead atoms. The zero-order chi connectivity index (χ0) is 17.3. The van der Waals surface area contributed by atoms with E-state index in [-0.39, 0.29) is 0 Å². The van der Waals surface area contributed by atoms with Crippen LogP contribution in [0.3, 0.4) is 0 Å². The molecule has 0 radical (unpaired) electrons. The van der Waals surface area contributed by atoms with Crippen LogP contribution in [-0.2, 0) is 0 Å². The number of allylic oxidation sites excluding steroid dienone is 2. The fourth-order valence-corrected chi connectivity index (χ4v) is 3.20. The van der Waals surface area contributed by atoms with Crippen molar-refractivity contribution in [3.8, 4) is 5.75 Å². The zero-order valence-corrected chi connectivity index (χ0v) is 15.0. The van der Waals surface area contributed by atoms with E-state index in [0.29, 0.717) is 6.61 Å². The van der Waals surface area contributed by atoms with E-state index in [4.69, 9.17) is 9.73 Å². The van der Waals surface area contributed by atoms with Crippen molar-refractivity contribution in [1.29, 1.82) is 0 Å². The number of aliphatic imine (C=N–C) groups is 1. The molecule has 1 aromatic heterocycles. The van der Waals surface area contributed by atoms with Gasteiger partial charge in [-0.25, -0.2) is 0 Å². The Morgan fingerprint density at radius 1 is 1.08 bits per heavy atom. The largest absolute Gasteiger partial charge is 0.494 e. The number of aromatic amines is 1. The molecule has 124 valence electrons. The van der Waals surface area contributed by atoms with Crippen LogP contribution in [0.2, 0.25) is 0 Å². The molecule has 0 saturated heterocycles. The second-order valence-electron chi connectivity index (χ2n) is 6.27. The van der Waals surface area contributed by atoms with E-state index in [1.165, 1.54) is 11.1 Å². The summed E-state index contributed by atoms with van der Waals surface area (Å²) < 4.78 is 5.57. The molecule has 3 heteroatoms. The molecule has 2 aromatic rings. The number of aryl methyl sites for hydroxylation is 2. The summed E-state index contributed by atoms with van der Waals surface area (Å²) in [6.45, 7) is 11.1. The lowest BCUT2D eigenvalue weighted by molar-refractivity contribution is 0.340. The van der Waals surface area contributed by atoms with Crippen molar-refractivity contribution in [3.05, 3.63) is 70.2 Å². The lowest BCUT2D eigenvalue weighted by atomic mass is 9.96. The standard InChI is InChI=1S/C21H24N2O/c1-6-24-18-9-7-17(8-10-18)19(20-13(2)11-15(4)22-20)21-14(3)12-16(5)23-21/h7-12,22H,6H2,1-5H3/b21-19-. The number of nitrogens with one attached hydrogen (secondary N) is 1. The smallest absolute Gasteiger partial charge is 0.119 e. The highest BCUT2D eigenvalue weighted by Gasteiger charge is 2.19. The minimum atomic E-state index is 0.674. The van der Waals surface area contributed by atoms with Gasteiger partial charge < -0.3 is 9.72 Å². The second kappa shape index (κ2) is 6.52. The minimum Gasteiger partial charge on any atom is -0.494 e. The molecule has 1 aromatic carbocycles. The molecular weight excluding hydrogens is 296 g/mol. The van der Waals surface area contributed by atoms with Crippen LogP contribution in [0.25, 0.3) is 5.57 Å². The third-order valence-electron chi connectivity index (χ3n) is 4.18. The highest BCUT2D eigenvalue weighted by molar-refractivity contribution is 6.01. The Morgan fingerprint density at radius 2 is 1.79 bits per heavy atom. The topological polar surface area (TPSA) is 37.4 Å². The third kappa shape index (κ3) is 3.07. The molecule has 1 N–H and O–H groups in total. The van der Waals surface area contributed by atoms with Crippen LogP contribution in [0, 0.1) is 13.8 Å². The lowest BCUT2D eigenvalue weighted by Crippen LogP contribution is -1.97. The Kier molecular flexibility index (Phi) is 4.43. The van der Waals surface area contributed by atoms with Gasteiger partial charge in [-0.15, -0.1) is 0 Å². The molecule has 3 rings (SSSR count). The summed E-state index contributed by atoms with van der Waals surface area (Å²) >= 11 is 0. The number of hydrogen-bond donors (Lipinski definition) is 1. The Morgan fingerprint density at radius 3 is 2.29 bits per heavy atom. The monoisotopic (exact) mass is 320 g/mol. The summed E-state index contributed by atoms with van der Waals surface area (Å²) in [6, 6.07) is 10.4. The maximum Gasteiger partial charge on any atom is 0.119 e. The molecule has 0 amide bonds. The Bertz CT molecular complexity index is 848. The normalized spacial score (nSPS) is 16.0. The molecular formula is C21H24N2O. The molecule has 1 aliphatic rings. The second-order valence-corrected chi connectivity index (χ2v) is 6.27. The fourth-order valence-electron chi connectivity index (χ4n) is 3.20.